The van der Waals surface area contributed by atoms with Gasteiger partial charge < -0.3 is 77.0 Å². The Kier molecular flexibility index (Phi) is 44.0. The van der Waals surface area contributed by atoms with Crippen molar-refractivity contribution >= 4 is 110 Å². The standard InChI is InChI=1S/C59H83N7O12S2.C24H39N3O6S.C12H10O2/c1-34(25-49(70)38(5)65-55(75)36(3)27-52(72)77-58(7,8)9)53(73)60-23-16-24-61-56-63-33-45(80-56)31-43-29-41(20-22-48(43)69)40-19-21-47(68)42(28-40)30-44-32-62-51(79-44)18-15-13-14-17-46(67)37(4)64-54(74)35(2)26-50(71)39(6)66-57(76)78-59(10,11)12;1-15(12-20(30)17(3)27-23(32)33-24(4,5)6)22(31)26-16(2)19(29)10-8-7-9-11-21-25-13-18(14-28)34-21;13-11-5-1-9(2-6-11)10-3-7-12(14)8-4-10/h19-22,28-29,32-39,68-69H,13-18,23-27,30-31H2,1-12H3,(H,60,73)(H,61,63)(H,64,74)(H,65,75)(H,66,76);13,15-17,28H,7-12,14H2,1-6H3,(H,26,31)(H,27,32);1-8,13-14H/t34-,35-,36-,37+,38+,39+;15-,16+,17+;/m11./s1. The number of aromatic hydroxyl groups is 4. The number of hydrogen-bond acceptors (Lipinski definition) is 27. The number of alkyl carbamates (subject to hydrolysis) is 2. The summed E-state index contributed by atoms with van der Waals surface area (Å²) in [5.74, 6) is -4.86. The number of aryl methyl sites for hydroxylation is 2. The third-order valence-electron chi connectivity index (χ3n) is 19.9. The van der Waals surface area contributed by atoms with Gasteiger partial charge in [-0.3, -0.25) is 47.9 Å². The highest BCUT2D eigenvalue weighted by atomic mass is 32.1. The number of esters is 1. The summed E-state index contributed by atoms with van der Waals surface area (Å²) < 4.78 is 15.6. The Morgan fingerprint density at radius 2 is 0.727 bits per heavy atom. The van der Waals surface area contributed by atoms with Crippen LogP contribution in [0.25, 0.3) is 22.3 Å². The quantitative estimate of drug-likeness (QED) is 0.00958. The number of thiazole rings is 3. The maximum atomic E-state index is 12.9. The monoisotopic (exact) mass is 1830 g/mol. The normalized spacial score (nSPS) is 13.5. The molecular formula is C95H132N10O20S3. The Balaban J connectivity index is 0.000000489. The van der Waals surface area contributed by atoms with Gasteiger partial charge in [-0.15, -0.1) is 34.0 Å². The molecule has 30 nitrogen and oxygen atoms in total. The zero-order valence-electron chi connectivity index (χ0n) is 77.1. The summed E-state index contributed by atoms with van der Waals surface area (Å²) >= 11 is 4.53. The van der Waals surface area contributed by atoms with Gasteiger partial charge in [0, 0.05) is 110 Å². The van der Waals surface area contributed by atoms with Crippen molar-refractivity contribution in [2.75, 3.05) is 18.4 Å². The zero-order chi connectivity index (χ0) is 95.3. The molecule has 4 aromatic carbocycles. The number of hydrogen-bond donors (Lipinski definition) is 12. The summed E-state index contributed by atoms with van der Waals surface area (Å²) in [5, 5.41) is 70.8. The summed E-state index contributed by atoms with van der Waals surface area (Å²) in [6, 6.07) is 21.0. The van der Waals surface area contributed by atoms with E-state index in [-0.39, 0.29) is 96.0 Å². The Labute approximate surface area is 763 Å². The smallest absolute Gasteiger partial charge is 0.408 e. The van der Waals surface area contributed by atoms with Crippen molar-refractivity contribution in [2.24, 2.45) is 23.7 Å². The first kappa shape index (κ1) is 108. The number of aliphatic hydroxyl groups excluding tert-OH is 1. The summed E-state index contributed by atoms with van der Waals surface area (Å²) in [6.45, 7) is 30.9. The van der Waals surface area contributed by atoms with Gasteiger partial charge in [0.2, 0.25) is 23.6 Å². The van der Waals surface area contributed by atoms with Gasteiger partial charge in [-0.2, -0.15) is 0 Å². The first-order valence-electron chi connectivity index (χ1n) is 43.5. The lowest BCUT2D eigenvalue weighted by Gasteiger charge is -2.22. The number of nitrogens with zero attached hydrogens (tertiary/aromatic N) is 3. The number of Topliss-reactive ketones (excluding diaryl/α,β-unsaturated/α-hetero) is 5. The second kappa shape index (κ2) is 52.4. The molecule has 0 saturated carbocycles. The van der Waals surface area contributed by atoms with E-state index in [0.717, 1.165) is 97.4 Å². The number of carbonyl (C=O) groups is 12. The lowest BCUT2D eigenvalue weighted by atomic mass is 9.97. The Morgan fingerprint density at radius 3 is 1.12 bits per heavy atom. The van der Waals surface area contributed by atoms with E-state index in [4.69, 9.17) is 29.5 Å². The second-order valence-electron chi connectivity index (χ2n) is 35.3. The molecule has 6 amide bonds. The van der Waals surface area contributed by atoms with Crippen molar-refractivity contribution in [3.8, 4) is 45.3 Å². The predicted octanol–water partition coefficient (Wildman–Crippen LogP) is 15.0. The van der Waals surface area contributed by atoms with Crippen LogP contribution in [-0.4, -0.2) is 171 Å². The lowest BCUT2D eigenvalue weighted by molar-refractivity contribution is -0.157. The summed E-state index contributed by atoms with van der Waals surface area (Å²) in [6.07, 6.45) is 12.0. The lowest BCUT2D eigenvalue weighted by Crippen LogP contribution is -2.44. The van der Waals surface area contributed by atoms with Crippen molar-refractivity contribution < 1.29 is 97.3 Å². The van der Waals surface area contributed by atoms with E-state index in [9.17, 15) is 67.7 Å². The number of amides is 6. The molecule has 3 aromatic heterocycles. The van der Waals surface area contributed by atoms with Crippen LogP contribution in [0.4, 0.5) is 14.7 Å². The van der Waals surface area contributed by atoms with Crippen LogP contribution >= 0.6 is 34.0 Å². The maximum absolute atomic E-state index is 12.9. The van der Waals surface area contributed by atoms with Gasteiger partial charge in [0.15, 0.2) is 34.0 Å². The second-order valence-corrected chi connectivity index (χ2v) is 38.8. The first-order chi connectivity index (χ1) is 60.0. The highest BCUT2D eigenvalue weighted by Gasteiger charge is 2.31. The molecule has 9 atom stereocenters. The van der Waals surface area contributed by atoms with E-state index in [1.807, 2.05) is 54.7 Å². The van der Waals surface area contributed by atoms with Crippen molar-refractivity contribution in [1.29, 1.82) is 0 Å². The van der Waals surface area contributed by atoms with Crippen LogP contribution in [0, 0.1) is 23.7 Å². The summed E-state index contributed by atoms with van der Waals surface area (Å²) in [4.78, 5) is 166. The molecule has 0 aliphatic rings. The van der Waals surface area contributed by atoms with Crippen LogP contribution in [0.1, 0.15) is 244 Å². The number of phenolic OH excluding ortho intramolecular Hbond substituents is 4. The van der Waals surface area contributed by atoms with Crippen molar-refractivity contribution in [2.45, 2.75) is 287 Å². The number of aromatic nitrogens is 3. The van der Waals surface area contributed by atoms with Crippen LogP contribution in [0.15, 0.2) is 104 Å². The van der Waals surface area contributed by atoms with Gasteiger partial charge in [-0.05, 0) is 224 Å². The average Bonchev–Trinajstić information content (AvgIpc) is 1.30. The van der Waals surface area contributed by atoms with E-state index in [1.54, 1.807) is 178 Å². The molecule has 0 fully saturated rings. The van der Waals surface area contributed by atoms with Gasteiger partial charge in [-0.1, -0.05) is 76.9 Å². The molecular weight excluding hydrogens is 1700 g/mol. The number of ketones is 5. The van der Waals surface area contributed by atoms with Crippen molar-refractivity contribution in [3.63, 3.8) is 0 Å². The number of carbonyl (C=O) groups excluding carboxylic acids is 12. The molecule has 33 heteroatoms. The van der Waals surface area contributed by atoms with E-state index in [0.29, 0.717) is 62.3 Å². The summed E-state index contributed by atoms with van der Waals surface area (Å²) in [7, 11) is 0. The molecule has 0 aliphatic heterocycles. The number of nitrogens with one attached hydrogen (secondary N) is 7. The fraction of sp³-hybridized carbons (Fsp3) is 0.526. The number of rotatable bonds is 46. The molecule has 0 aliphatic carbocycles. The number of unbranched alkanes of at least 4 members (excludes halogenated alkanes) is 4. The fourth-order valence-corrected chi connectivity index (χ4v) is 15.2. The third kappa shape index (κ3) is 40.9. The Bertz CT molecular complexity index is 4580. The topological polar surface area (TPSA) is 457 Å². The van der Waals surface area contributed by atoms with Crippen LogP contribution in [-0.2, 0) is 94.4 Å². The van der Waals surface area contributed by atoms with Gasteiger partial charge in [0.25, 0.3) is 0 Å². The van der Waals surface area contributed by atoms with Gasteiger partial charge in [0.05, 0.1) is 58.1 Å². The minimum Gasteiger partial charge on any atom is -0.508 e. The maximum Gasteiger partial charge on any atom is 0.408 e. The van der Waals surface area contributed by atoms with Crippen LogP contribution in [0.5, 0.6) is 23.0 Å². The molecule has 0 radical (unpaired) electrons. The van der Waals surface area contributed by atoms with Gasteiger partial charge >= 0.3 is 18.2 Å². The number of benzene rings is 4. The average molecular weight is 1830 g/mol. The molecule has 3 heterocycles. The summed E-state index contributed by atoms with van der Waals surface area (Å²) in [5.41, 5.74) is 3.16. The van der Waals surface area contributed by atoms with Gasteiger partial charge in [0.1, 0.15) is 39.8 Å². The van der Waals surface area contributed by atoms with E-state index in [2.05, 4.69) is 52.2 Å². The van der Waals surface area contributed by atoms with E-state index in [1.165, 1.54) is 29.6 Å². The van der Waals surface area contributed by atoms with Gasteiger partial charge in [-0.25, -0.2) is 24.5 Å². The Hall–Kier alpha value is -11.0. The number of aliphatic hydroxyl groups is 1. The predicted molar refractivity (Wildman–Crippen MR) is 495 cm³/mol. The molecule has 128 heavy (non-hydrogen) atoms. The van der Waals surface area contributed by atoms with Crippen LogP contribution in [0.2, 0.25) is 0 Å². The first-order valence-corrected chi connectivity index (χ1v) is 45.9. The molecule has 12 N–H and O–H groups in total. The van der Waals surface area contributed by atoms with Crippen LogP contribution < -0.4 is 37.2 Å². The number of phenols is 4. The Morgan fingerprint density at radius 1 is 0.375 bits per heavy atom. The van der Waals surface area contributed by atoms with Crippen molar-refractivity contribution in [1.82, 2.24) is 46.9 Å². The number of anilines is 1. The highest BCUT2D eigenvalue weighted by molar-refractivity contribution is 7.15. The number of ether oxygens (including phenoxy) is 3. The van der Waals surface area contributed by atoms with E-state index >= 15 is 0 Å². The fourth-order valence-electron chi connectivity index (χ4n) is 12.5. The molecule has 0 saturated heterocycles. The molecule has 0 unspecified atom stereocenters. The highest BCUT2D eigenvalue weighted by Crippen LogP contribution is 2.34. The zero-order valence-corrected chi connectivity index (χ0v) is 79.5. The molecule has 7 aromatic rings. The SMILES string of the molecule is C[C@H](CC(=O)[C@H](C)NC(=O)OC(C)(C)C)C(=O)N[C@@H](C)C(=O)CCCCCc1ncc(CO)s1.C[C@H](CC(=O)[C@H](C)NC(=O)[C@H](C)CC(=O)OC(C)(C)C)C(=O)NCCCNc1ncc(Cc2cc(-c3ccc(O)c(Cc4cnc(CCCCCC(=O)[C@H](C)NC(=O)[C@H](C)CC(=O)[C@H](C)NC(=O)OC(C)(C)C)s4)c3)ccc2O)s1.Oc1ccc(-c2ccc(O)cc2)cc1. The van der Waals surface area contributed by atoms with Crippen molar-refractivity contribution in [3.05, 3.63) is 139 Å². The largest absolute Gasteiger partial charge is 0.508 e. The molecule has 7 rings (SSSR count). The molecule has 0 bridgehead atoms. The van der Waals surface area contributed by atoms with E-state index < -0.39 is 101 Å². The minimum atomic E-state index is -0.836. The third-order valence-corrected chi connectivity index (χ3v) is 23.0. The molecule has 700 valence electrons. The van der Waals surface area contributed by atoms with Crippen LogP contribution in [0.3, 0.4) is 0 Å². The molecule has 0 spiro atoms. The minimum absolute atomic E-state index is 0.00452.